The topological polar surface area (TPSA) is 107 Å². The highest BCUT2D eigenvalue weighted by molar-refractivity contribution is 5.93. The SMILES string of the molecule is COc1cc2ncnc(Nc3cccc(-n4cc(C5(O)CCCCC5)nn4)c3)c2cc1OC. The van der Waals surface area contributed by atoms with Crippen LogP contribution in [-0.4, -0.2) is 44.3 Å². The van der Waals surface area contributed by atoms with Crippen molar-refractivity contribution >= 4 is 22.4 Å². The van der Waals surface area contributed by atoms with Gasteiger partial charge in [-0.05, 0) is 37.1 Å². The van der Waals surface area contributed by atoms with Crippen LogP contribution in [0, 0.1) is 0 Å². The Labute approximate surface area is 191 Å². The third-order valence-corrected chi connectivity index (χ3v) is 6.16. The van der Waals surface area contributed by atoms with E-state index < -0.39 is 5.60 Å². The van der Waals surface area contributed by atoms with Crippen LogP contribution >= 0.6 is 0 Å². The average Bonchev–Trinajstić information content (AvgIpc) is 3.36. The van der Waals surface area contributed by atoms with Crippen molar-refractivity contribution in [2.24, 2.45) is 0 Å². The summed E-state index contributed by atoms with van der Waals surface area (Å²) in [5, 5.41) is 23.7. The minimum atomic E-state index is -0.883. The number of benzene rings is 2. The van der Waals surface area contributed by atoms with Crippen LogP contribution in [0.3, 0.4) is 0 Å². The van der Waals surface area contributed by atoms with Gasteiger partial charge in [0.25, 0.3) is 0 Å². The van der Waals surface area contributed by atoms with Crippen molar-refractivity contribution in [2.75, 3.05) is 19.5 Å². The average molecular weight is 447 g/mol. The third kappa shape index (κ3) is 4.07. The number of aliphatic hydroxyl groups is 1. The van der Waals surface area contributed by atoms with E-state index in [1.54, 1.807) is 18.9 Å². The summed E-state index contributed by atoms with van der Waals surface area (Å²) >= 11 is 0. The quantitative estimate of drug-likeness (QED) is 0.455. The lowest BCUT2D eigenvalue weighted by atomic mass is 9.83. The maximum Gasteiger partial charge on any atom is 0.162 e. The molecular weight excluding hydrogens is 420 g/mol. The fraction of sp³-hybridized carbons (Fsp3) is 0.333. The van der Waals surface area contributed by atoms with Gasteiger partial charge in [-0.2, -0.15) is 0 Å². The molecule has 1 fully saturated rings. The minimum Gasteiger partial charge on any atom is -0.493 e. The highest BCUT2D eigenvalue weighted by Crippen LogP contribution is 2.36. The van der Waals surface area contributed by atoms with Gasteiger partial charge in [0.15, 0.2) is 11.5 Å². The van der Waals surface area contributed by atoms with Gasteiger partial charge in [-0.1, -0.05) is 30.5 Å². The molecular formula is C24H26N6O3. The van der Waals surface area contributed by atoms with Crippen LogP contribution in [0.2, 0.25) is 0 Å². The Morgan fingerprint density at radius 2 is 1.79 bits per heavy atom. The largest absolute Gasteiger partial charge is 0.493 e. The summed E-state index contributed by atoms with van der Waals surface area (Å²) in [5.74, 6) is 1.86. The van der Waals surface area contributed by atoms with Crippen LogP contribution in [0.5, 0.6) is 11.5 Å². The van der Waals surface area contributed by atoms with Gasteiger partial charge in [-0.3, -0.25) is 0 Å². The molecule has 2 aromatic carbocycles. The molecule has 0 unspecified atom stereocenters. The van der Waals surface area contributed by atoms with Crippen LogP contribution in [0.25, 0.3) is 16.6 Å². The van der Waals surface area contributed by atoms with E-state index in [2.05, 4.69) is 25.6 Å². The van der Waals surface area contributed by atoms with E-state index in [0.717, 1.165) is 54.4 Å². The molecule has 0 aliphatic heterocycles. The van der Waals surface area contributed by atoms with Gasteiger partial charge in [-0.25, -0.2) is 14.6 Å². The van der Waals surface area contributed by atoms with E-state index in [-0.39, 0.29) is 0 Å². The molecule has 0 bridgehead atoms. The standard InChI is InChI=1S/C24H26N6O3/c1-32-20-12-18-19(13-21(20)33-2)25-15-26-23(18)27-16-7-6-8-17(11-16)30-14-22(28-29-30)24(31)9-4-3-5-10-24/h6-8,11-15,31H,3-5,9-10H2,1-2H3,(H,25,26,27). The highest BCUT2D eigenvalue weighted by atomic mass is 16.5. The number of methoxy groups -OCH3 is 2. The second kappa shape index (κ2) is 8.67. The lowest BCUT2D eigenvalue weighted by molar-refractivity contribution is -0.00472. The highest BCUT2D eigenvalue weighted by Gasteiger charge is 2.34. The Bertz CT molecular complexity index is 1280. The first-order chi connectivity index (χ1) is 16.1. The van der Waals surface area contributed by atoms with Gasteiger partial charge in [0.2, 0.25) is 0 Å². The van der Waals surface area contributed by atoms with Gasteiger partial charge < -0.3 is 19.9 Å². The molecule has 2 aromatic heterocycles. The first-order valence-electron chi connectivity index (χ1n) is 11.0. The molecule has 1 aliphatic rings. The predicted molar refractivity (Wildman–Crippen MR) is 124 cm³/mol. The zero-order valence-electron chi connectivity index (χ0n) is 18.7. The van der Waals surface area contributed by atoms with Crippen molar-refractivity contribution in [2.45, 2.75) is 37.7 Å². The van der Waals surface area contributed by atoms with Crippen LogP contribution in [0.4, 0.5) is 11.5 Å². The van der Waals surface area contributed by atoms with E-state index >= 15 is 0 Å². The summed E-state index contributed by atoms with van der Waals surface area (Å²) in [6.45, 7) is 0. The molecule has 9 heteroatoms. The summed E-state index contributed by atoms with van der Waals surface area (Å²) in [4.78, 5) is 8.78. The van der Waals surface area contributed by atoms with Gasteiger partial charge in [0.1, 0.15) is 23.4 Å². The molecule has 0 amide bonds. The third-order valence-electron chi connectivity index (χ3n) is 6.16. The Kier molecular flexibility index (Phi) is 5.55. The molecule has 9 nitrogen and oxygen atoms in total. The van der Waals surface area contributed by atoms with E-state index in [1.807, 2.05) is 42.6 Å². The summed E-state index contributed by atoms with van der Waals surface area (Å²) in [6.07, 6.45) is 7.94. The van der Waals surface area contributed by atoms with Crippen molar-refractivity contribution < 1.29 is 14.6 Å². The Morgan fingerprint density at radius 1 is 1.00 bits per heavy atom. The van der Waals surface area contributed by atoms with Crippen molar-refractivity contribution in [3.8, 4) is 17.2 Å². The number of rotatable bonds is 6. The molecule has 2 N–H and O–H groups in total. The van der Waals surface area contributed by atoms with Gasteiger partial charge in [0.05, 0.1) is 31.6 Å². The van der Waals surface area contributed by atoms with Crippen LogP contribution in [-0.2, 0) is 5.60 Å². The summed E-state index contributed by atoms with van der Waals surface area (Å²) in [7, 11) is 3.19. The molecule has 1 aliphatic carbocycles. The van der Waals surface area contributed by atoms with E-state index in [9.17, 15) is 5.11 Å². The molecule has 170 valence electrons. The molecule has 5 rings (SSSR count). The molecule has 0 saturated heterocycles. The van der Waals surface area contributed by atoms with Crippen LogP contribution < -0.4 is 14.8 Å². The lowest BCUT2D eigenvalue weighted by Gasteiger charge is -2.29. The molecule has 0 atom stereocenters. The predicted octanol–water partition coefficient (Wildman–Crippen LogP) is 4.12. The Hall–Kier alpha value is -3.72. The monoisotopic (exact) mass is 446 g/mol. The summed E-state index contributed by atoms with van der Waals surface area (Å²) in [6, 6.07) is 11.5. The fourth-order valence-corrected chi connectivity index (χ4v) is 4.34. The maximum atomic E-state index is 11.0. The molecule has 4 aromatic rings. The first-order valence-corrected chi connectivity index (χ1v) is 11.0. The van der Waals surface area contributed by atoms with E-state index in [1.165, 1.54) is 6.33 Å². The molecule has 0 spiro atoms. The minimum absolute atomic E-state index is 0.604. The zero-order chi connectivity index (χ0) is 22.8. The summed E-state index contributed by atoms with van der Waals surface area (Å²) < 4.78 is 12.5. The van der Waals surface area contributed by atoms with E-state index in [4.69, 9.17) is 9.47 Å². The Morgan fingerprint density at radius 3 is 2.58 bits per heavy atom. The fourth-order valence-electron chi connectivity index (χ4n) is 4.34. The van der Waals surface area contributed by atoms with E-state index in [0.29, 0.717) is 23.0 Å². The van der Waals surface area contributed by atoms with Crippen LogP contribution in [0.15, 0.2) is 48.9 Å². The molecule has 0 radical (unpaired) electrons. The van der Waals surface area contributed by atoms with Gasteiger partial charge in [-0.15, -0.1) is 5.10 Å². The smallest absolute Gasteiger partial charge is 0.162 e. The number of fused-ring (bicyclic) bond motifs is 1. The lowest BCUT2D eigenvalue weighted by Crippen LogP contribution is -2.28. The van der Waals surface area contributed by atoms with Crippen molar-refractivity contribution in [1.29, 1.82) is 0 Å². The number of aromatic nitrogens is 5. The number of ether oxygens (including phenoxy) is 2. The molecule has 1 saturated carbocycles. The number of nitrogens with zero attached hydrogens (tertiary/aromatic N) is 5. The van der Waals surface area contributed by atoms with Crippen LogP contribution in [0.1, 0.15) is 37.8 Å². The number of hydrogen-bond acceptors (Lipinski definition) is 8. The van der Waals surface area contributed by atoms with Gasteiger partial charge in [0, 0.05) is 17.1 Å². The first kappa shape index (κ1) is 21.1. The van der Waals surface area contributed by atoms with Crippen molar-refractivity contribution in [3.05, 3.63) is 54.6 Å². The normalized spacial score (nSPS) is 15.4. The Balaban J connectivity index is 1.44. The number of anilines is 2. The second-order valence-electron chi connectivity index (χ2n) is 8.26. The second-order valence-corrected chi connectivity index (χ2v) is 8.26. The number of nitrogens with one attached hydrogen (secondary N) is 1. The van der Waals surface area contributed by atoms with Crippen molar-refractivity contribution in [1.82, 2.24) is 25.0 Å². The molecule has 33 heavy (non-hydrogen) atoms. The molecule has 2 heterocycles. The maximum absolute atomic E-state index is 11.0. The zero-order valence-corrected chi connectivity index (χ0v) is 18.7. The summed E-state index contributed by atoms with van der Waals surface area (Å²) in [5.41, 5.74) is 2.14. The van der Waals surface area contributed by atoms with Crippen molar-refractivity contribution in [3.63, 3.8) is 0 Å². The number of hydrogen-bond donors (Lipinski definition) is 2. The van der Waals surface area contributed by atoms with Gasteiger partial charge >= 0.3 is 0 Å².